The van der Waals surface area contributed by atoms with Crippen LogP contribution in [0.15, 0.2) is 0 Å². The summed E-state index contributed by atoms with van der Waals surface area (Å²) in [5.41, 5.74) is 0.0928. The van der Waals surface area contributed by atoms with Crippen LogP contribution in [-0.4, -0.2) is 38.5 Å². The zero-order chi connectivity index (χ0) is 12.4. The molecule has 0 radical (unpaired) electrons. The minimum Gasteiger partial charge on any atom is -0.378 e. The maximum Gasteiger partial charge on any atom is 0.0939 e. The minimum atomic E-state index is 0.0928. The van der Waals surface area contributed by atoms with Crippen molar-refractivity contribution in [1.82, 2.24) is 5.32 Å². The standard InChI is InChI=1S/C15H27NO2/c1-16-14-4-2-3-12(9-14)13-5-7-18-15(10-13)6-8-17-11-15/h12-14,16H,2-11H2,1H3. The van der Waals surface area contributed by atoms with Crippen molar-refractivity contribution < 1.29 is 9.47 Å². The summed E-state index contributed by atoms with van der Waals surface area (Å²) in [6.07, 6.45) is 9.20. The summed E-state index contributed by atoms with van der Waals surface area (Å²) in [4.78, 5) is 0. The van der Waals surface area contributed by atoms with Crippen molar-refractivity contribution >= 4 is 0 Å². The van der Waals surface area contributed by atoms with Gasteiger partial charge in [-0.2, -0.15) is 0 Å². The van der Waals surface area contributed by atoms with Gasteiger partial charge in [-0.3, -0.25) is 0 Å². The Morgan fingerprint density at radius 3 is 2.83 bits per heavy atom. The van der Waals surface area contributed by atoms with E-state index in [2.05, 4.69) is 12.4 Å². The fourth-order valence-electron chi connectivity index (χ4n) is 4.25. The number of ether oxygens (including phenoxy) is 2. The van der Waals surface area contributed by atoms with E-state index in [0.29, 0.717) is 0 Å². The molecule has 0 amide bonds. The molecule has 4 unspecified atom stereocenters. The van der Waals surface area contributed by atoms with E-state index >= 15 is 0 Å². The van der Waals surface area contributed by atoms with E-state index in [1.54, 1.807) is 0 Å². The van der Waals surface area contributed by atoms with Gasteiger partial charge in [0.25, 0.3) is 0 Å². The Labute approximate surface area is 111 Å². The van der Waals surface area contributed by atoms with Gasteiger partial charge in [0.1, 0.15) is 0 Å². The highest BCUT2D eigenvalue weighted by Crippen LogP contribution is 2.42. The molecule has 0 aromatic heterocycles. The number of nitrogens with one attached hydrogen (secondary N) is 1. The maximum absolute atomic E-state index is 6.06. The highest BCUT2D eigenvalue weighted by molar-refractivity contribution is 4.93. The molecule has 4 atom stereocenters. The third kappa shape index (κ3) is 2.59. The van der Waals surface area contributed by atoms with Gasteiger partial charge in [0.15, 0.2) is 0 Å². The van der Waals surface area contributed by atoms with Crippen molar-refractivity contribution in [1.29, 1.82) is 0 Å². The lowest BCUT2D eigenvalue weighted by molar-refractivity contribution is -0.109. The van der Waals surface area contributed by atoms with E-state index in [4.69, 9.17) is 9.47 Å². The quantitative estimate of drug-likeness (QED) is 0.819. The molecule has 18 heavy (non-hydrogen) atoms. The predicted molar refractivity (Wildman–Crippen MR) is 71.6 cm³/mol. The summed E-state index contributed by atoms with van der Waals surface area (Å²) in [5.74, 6) is 1.79. The van der Waals surface area contributed by atoms with Gasteiger partial charge in [-0.25, -0.2) is 0 Å². The Morgan fingerprint density at radius 2 is 2.06 bits per heavy atom. The summed E-state index contributed by atoms with van der Waals surface area (Å²) in [5, 5.41) is 3.48. The highest BCUT2D eigenvalue weighted by Gasteiger charge is 2.43. The Hall–Kier alpha value is -0.120. The van der Waals surface area contributed by atoms with Crippen LogP contribution in [0.1, 0.15) is 44.9 Å². The molecule has 0 bridgehead atoms. The van der Waals surface area contributed by atoms with E-state index in [1.165, 1.54) is 38.5 Å². The molecular formula is C15H27NO2. The van der Waals surface area contributed by atoms with E-state index < -0.39 is 0 Å². The minimum absolute atomic E-state index is 0.0928. The SMILES string of the molecule is CNC1CCCC(C2CCOC3(CCOC3)C2)C1. The molecule has 2 saturated heterocycles. The lowest BCUT2D eigenvalue weighted by atomic mass is 9.71. The maximum atomic E-state index is 6.06. The molecular weight excluding hydrogens is 226 g/mol. The molecule has 0 aromatic rings. The lowest BCUT2D eigenvalue weighted by Gasteiger charge is -2.42. The van der Waals surface area contributed by atoms with Crippen LogP contribution in [0.3, 0.4) is 0 Å². The molecule has 1 spiro atoms. The number of rotatable bonds is 2. The van der Waals surface area contributed by atoms with Crippen molar-refractivity contribution in [3.8, 4) is 0 Å². The number of hydrogen-bond acceptors (Lipinski definition) is 3. The van der Waals surface area contributed by atoms with Gasteiger partial charge in [-0.1, -0.05) is 12.8 Å². The summed E-state index contributed by atoms with van der Waals surface area (Å²) >= 11 is 0. The third-order valence-corrected chi connectivity index (χ3v) is 5.39. The number of hydrogen-bond donors (Lipinski definition) is 1. The Bertz CT molecular complexity index is 276. The summed E-state index contributed by atoms with van der Waals surface area (Å²) in [6, 6.07) is 0.752. The van der Waals surface area contributed by atoms with Crippen molar-refractivity contribution in [2.45, 2.75) is 56.6 Å². The normalized spacial score (nSPS) is 45.5. The van der Waals surface area contributed by atoms with E-state index in [-0.39, 0.29) is 5.60 Å². The molecule has 1 saturated carbocycles. The second kappa shape index (κ2) is 5.48. The molecule has 3 aliphatic rings. The highest BCUT2D eigenvalue weighted by atomic mass is 16.6. The molecule has 104 valence electrons. The molecule has 0 aromatic carbocycles. The average Bonchev–Trinajstić information content (AvgIpc) is 2.87. The summed E-state index contributed by atoms with van der Waals surface area (Å²) in [7, 11) is 2.11. The first-order chi connectivity index (χ1) is 8.81. The summed E-state index contributed by atoms with van der Waals surface area (Å²) < 4.78 is 11.6. The van der Waals surface area contributed by atoms with Crippen LogP contribution < -0.4 is 5.32 Å². The smallest absolute Gasteiger partial charge is 0.0939 e. The van der Waals surface area contributed by atoms with Crippen LogP contribution in [0.25, 0.3) is 0 Å². The van der Waals surface area contributed by atoms with Crippen LogP contribution >= 0.6 is 0 Å². The topological polar surface area (TPSA) is 30.5 Å². The van der Waals surface area contributed by atoms with Crippen LogP contribution in [0.2, 0.25) is 0 Å². The average molecular weight is 253 g/mol. The zero-order valence-electron chi connectivity index (χ0n) is 11.6. The first-order valence-electron chi connectivity index (χ1n) is 7.70. The van der Waals surface area contributed by atoms with Gasteiger partial charge in [0.2, 0.25) is 0 Å². The molecule has 3 fully saturated rings. The van der Waals surface area contributed by atoms with E-state index in [0.717, 1.165) is 44.1 Å². The third-order valence-electron chi connectivity index (χ3n) is 5.39. The van der Waals surface area contributed by atoms with Crippen molar-refractivity contribution in [3.63, 3.8) is 0 Å². The van der Waals surface area contributed by atoms with E-state index in [9.17, 15) is 0 Å². The molecule has 1 aliphatic carbocycles. The van der Waals surface area contributed by atoms with Crippen LogP contribution in [0.4, 0.5) is 0 Å². The first kappa shape index (κ1) is 12.9. The largest absolute Gasteiger partial charge is 0.378 e. The summed E-state index contributed by atoms with van der Waals surface area (Å²) in [6.45, 7) is 2.69. The Kier molecular flexibility index (Phi) is 3.92. The predicted octanol–water partition coefficient (Wildman–Crippen LogP) is 2.35. The van der Waals surface area contributed by atoms with Crippen LogP contribution in [0, 0.1) is 11.8 Å². The Morgan fingerprint density at radius 1 is 1.11 bits per heavy atom. The Balaban J connectivity index is 1.61. The van der Waals surface area contributed by atoms with E-state index in [1.807, 2.05) is 0 Å². The molecule has 3 rings (SSSR count). The van der Waals surface area contributed by atoms with Gasteiger partial charge in [0.05, 0.1) is 12.2 Å². The second-order valence-corrected chi connectivity index (χ2v) is 6.50. The second-order valence-electron chi connectivity index (χ2n) is 6.50. The fourth-order valence-corrected chi connectivity index (χ4v) is 4.25. The molecule has 3 nitrogen and oxygen atoms in total. The van der Waals surface area contributed by atoms with Gasteiger partial charge < -0.3 is 14.8 Å². The molecule has 2 aliphatic heterocycles. The first-order valence-corrected chi connectivity index (χ1v) is 7.70. The van der Waals surface area contributed by atoms with Crippen LogP contribution in [0.5, 0.6) is 0 Å². The van der Waals surface area contributed by atoms with Gasteiger partial charge in [-0.15, -0.1) is 0 Å². The van der Waals surface area contributed by atoms with Gasteiger partial charge >= 0.3 is 0 Å². The van der Waals surface area contributed by atoms with Crippen molar-refractivity contribution in [3.05, 3.63) is 0 Å². The lowest BCUT2D eigenvalue weighted by Crippen LogP contribution is -2.44. The van der Waals surface area contributed by atoms with Crippen molar-refractivity contribution in [2.24, 2.45) is 11.8 Å². The molecule has 2 heterocycles. The van der Waals surface area contributed by atoms with Crippen LogP contribution in [-0.2, 0) is 9.47 Å². The molecule has 1 N–H and O–H groups in total. The fraction of sp³-hybridized carbons (Fsp3) is 1.00. The van der Waals surface area contributed by atoms with Gasteiger partial charge in [-0.05, 0) is 44.6 Å². The van der Waals surface area contributed by atoms with Crippen molar-refractivity contribution in [2.75, 3.05) is 26.9 Å². The monoisotopic (exact) mass is 253 g/mol. The zero-order valence-corrected chi connectivity index (χ0v) is 11.6. The van der Waals surface area contributed by atoms with Gasteiger partial charge in [0, 0.05) is 25.7 Å². The molecule has 3 heteroatoms.